The van der Waals surface area contributed by atoms with Crippen LogP contribution >= 0.6 is 0 Å². The van der Waals surface area contributed by atoms with Crippen molar-refractivity contribution in [1.29, 1.82) is 0 Å². The van der Waals surface area contributed by atoms with Gasteiger partial charge in [-0.3, -0.25) is 0 Å². The number of urea groups is 1. The zero-order valence-corrected chi connectivity index (χ0v) is 16.6. The highest BCUT2D eigenvalue weighted by molar-refractivity contribution is 7.89. The Morgan fingerprint density at radius 3 is 2.25 bits per heavy atom. The smallest absolute Gasteiger partial charge is 0.321 e. The molecule has 2 aliphatic heterocycles. The minimum absolute atomic E-state index is 0.122. The largest absolute Gasteiger partial charge is 0.325 e. The molecule has 28 heavy (non-hydrogen) atoms. The minimum Gasteiger partial charge on any atom is -0.325 e. The van der Waals surface area contributed by atoms with Crippen molar-refractivity contribution >= 4 is 21.7 Å². The molecule has 2 aromatic rings. The zero-order valence-electron chi connectivity index (χ0n) is 15.8. The lowest BCUT2D eigenvalue weighted by Crippen LogP contribution is -2.38. The molecule has 4 rings (SSSR count). The third kappa shape index (κ3) is 3.91. The summed E-state index contributed by atoms with van der Waals surface area (Å²) in [5.74, 6) is 0. The molecule has 2 amide bonds. The van der Waals surface area contributed by atoms with Crippen molar-refractivity contribution in [2.75, 3.05) is 25.0 Å². The van der Waals surface area contributed by atoms with E-state index >= 15 is 0 Å². The molecule has 148 valence electrons. The number of piperidine rings is 1. The second-order valence-corrected chi connectivity index (χ2v) is 9.30. The molecule has 0 atom stereocenters. The maximum absolute atomic E-state index is 13.0. The van der Waals surface area contributed by atoms with Crippen molar-refractivity contribution in [3.63, 3.8) is 0 Å². The molecule has 1 N–H and O–H groups in total. The Balaban J connectivity index is 1.45. The normalized spacial score (nSPS) is 17.8. The van der Waals surface area contributed by atoms with E-state index in [1.54, 1.807) is 29.2 Å². The van der Waals surface area contributed by atoms with Crippen molar-refractivity contribution in [3.05, 3.63) is 59.7 Å². The third-order valence-electron chi connectivity index (χ3n) is 5.48. The summed E-state index contributed by atoms with van der Waals surface area (Å²) in [5, 5.41) is 2.86. The summed E-state index contributed by atoms with van der Waals surface area (Å²) in [4.78, 5) is 14.4. The van der Waals surface area contributed by atoms with Crippen molar-refractivity contribution in [2.45, 2.75) is 37.1 Å². The highest BCUT2D eigenvalue weighted by atomic mass is 32.2. The maximum atomic E-state index is 13.0. The Morgan fingerprint density at radius 1 is 0.857 bits per heavy atom. The Labute approximate surface area is 166 Å². The van der Waals surface area contributed by atoms with Crippen LogP contribution in [0.1, 0.15) is 30.4 Å². The predicted molar refractivity (Wildman–Crippen MR) is 109 cm³/mol. The van der Waals surface area contributed by atoms with Crippen LogP contribution in [0.2, 0.25) is 0 Å². The first-order valence-corrected chi connectivity index (χ1v) is 11.2. The number of rotatable bonds is 3. The second kappa shape index (κ2) is 7.93. The van der Waals surface area contributed by atoms with Gasteiger partial charge in [0.25, 0.3) is 0 Å². The Bertz CT molecular complexity index is 951. The summed E-state index contributed by atoms with van der Waals surface area (Å²) >= 11 is 0. The van der Waals surface area contributed by atoms with E-state index in [0.717, 1.165) is 44.3 Å². The first-order chi connectivity index (χ1) is 13.5. The number of anilines is 1. The molecule has 0 unspecified atom stereocenters. The number of fused-ring (bicyclic) bond motifs is 1. The number of amides is 2. The van der Waals surface area contributed by atoms with Crippen LogP contribution in [0, 0.1) is 0 Å². The van der Waals surface area contributed by atoms with Gasteiger partial charge in [0.15, 0.2) is 0 Å². The van der Waals surface area contributed by atoms with E-state index in [1.807, 2.05) is 18.2 Å². The molecule has 0 spiro atoms. The lowest BCUT2D eigenvalue weighted by atomic mass is 10.0. The molecule has 6 nitrogen and oxygen atoms in total. The number of likely N-dealkylation sites (tertiary alicyclic amines) is 1. The van der Waals surface area contributed by atoms with Crippen molar-refractivity contribution in [2.24, 2.45) is 0 Å². The van der Waals surface area contributed by atoms with Gasteiger partial charge >= 0.3 is 6.03 Å². The number of carbonyl (C=O) groups excluding carboxylic acids is 1. The van der Waals surface area contributed by atoms with Gasteiger partial charge in [0.05, 0.1) is 4.90 Å². The molecule has 1 saturated heterocycles. The van der Waals surface area contributed by atoms with E-state index in [-0.39, 0.29) is 10.9 Å². The highest BCUT2D eigenvalue weighted by Crippen LogP contribution is 2.25. The summed E-state index contributed by atoms with van der Waals surface area (Å²) in [6, 6.07) is 14.3. The fraction of sp³-hybridized carbons (Fsp3) is 0.381. The summed E-state index contributed by atoms with van der Waals surface area (Å²) < 4.78 is 27.5. The number of nitrogens with one attached hydrogen (secondary N) is 1. The first-order valence-electron chi connectivity index (χ1n) is 9.77. The van der Waals surface area contributed by atoms with Gasteiger partial charge in [0.1, 0.15) is 0 Å². The van der Waals surface area contributed by atoms with Crippen LogP contribution in [0.15, 0.2) is 53.4 Å². The maximum Gasteiger partial charge on any atom is 0.321 e. The first kappa shape index (κ1) is 19.0. The average Bonchev–Trinajstić information content (AvgIpc) is 2.74. The molecular weight excluding hydrogens is 374 g/mol. The van der Waals surface area contributed by atoms with Crippen molar-refractivity contribution < 1.29 is 13.2 Å². The van der Waals surface area contributed by atoms with Crippen LogP contribution in [0.5, 0.6) is 0 Å². The Morgan fingerprint density at radius 2 is 1.54 bits per heavy atom. The fourth-order valence-electron chi connectivity index (χ4n) is 3.83. The van der Waals surface area contributed by atoms with Crippen LogP contribution in [0.25, 0.3) is 0 Å². The van der Waals surface area contributed by atoms with Gasteiger partial charge in [-0.05, 0) is 61.1 Å². The molecular formula is C21H25N3O3S. The molecule has 0 aliphatic carbocycles. The number of nitrogens with zero attached hydrogens (tertiary/aromatic N) is 2. The number of hydrogen-bond acceptors (Lipinski definition) is 3. The van der Waals surface area contributed by atoms with Crippen LogP contribution in [0.3, 0.4) is 0 Å². The van der Waals surface area contributed by atoms with E-state index in [4.69, 9.17) is 0 Å². The standard InChI is InChI=1S/C21H25N3O3S/c25-21(23-13-4-1-5-14-23)22-19-8-10-20(11-9-19)28(26,27)24-15-12-17-6-2-3-7-18(17)16-24/h2-3,6-11H,1,4-5,12-16H2,(H,22,25). The molecule has 1 fully saturated rings. The Kier molecular flexibility index (Phi) is 5.37. The van der Waals surface area contributed by atoms with Crippen molar-refractivity contribution in [3.8, 4) is 0 Å². The third-order valence-corrected chi connectivity index (χ3v) is 7.34. The number of hydrogen-bond donors (Lipinski definition) is 1. The van der Waals surface area contributed by atoms with Crippen molar-refractivity contribution in [1.82, 2.24) is 9.21 Å². The van der Waals surface area contributed by atoms with Gasteiger partial charge in [-0.15, -0.1) is 0 Å². The van der Waals surface area contributed by atoms with Crippen LogP contribution in [0.4, 0.5) is 10.5 Å². The molecule has 0 radical (unpaired) electrons. The fourth-order valence-corrected chi connectivity index (χ4v) is 5.25. The summed E-state index contributed by atoms with van der Waals surface area (Å²) in [7, 11) is -3.56. The minimum atomic E-state index is -3.56. The van der Waals surface area contributed by atoms with Gasteiger partial charge in [-0.1, -0.05) is 24.3 Å². The molecule has 0 bridgehead atoms. The quantitative estimate of drug-likeness (QED) is 0.859. The highest BCUT2D eigenvalue weighted by Gasteiger charge is 2.28. The zero-order chi connectivity index (χ0) is 19.6. The van der Waals surface area contributed by atoms with Crippen LogP contribution < -0.4 is 5.32 Å². The summed E-state index contributed by atoms with van der Waals surface area (Å²) in [5.41, 5.74) is 2.88. The predicted octanol–water partition coefficient (Wildman–Crippen LogP) is 3.45. The van der Waals surface area contributed by atoms with E-state index in [0.29, 0.717) is 18.8 Å². The molecule has 2 aromatic carbocycles. The molecule has 0 aromatic heterocycles. The van der Waals surface area contributed by atoms with Gasteiger partial charge in [0, 0.05) is 31.9 Å². The van der Waals surface area contributed by atoms with E-state index < -0.39 is 10.0 Å². The monoisotopic (exact) mass is 399 g/mol. The summed E-state index contributed by atoms with van der Waals surface area (Å²) in [6.45, 7) is 2.42. The van der Waals surface area contributed by atoms with Gasteiger partial charge in [-0.25, -0.2) is 13.2 Å². The Hall–Kier alpha value is -2.38. The second-order valence-electron chi connectivity index (χ2n) is 7.36. The van der Waals surface area contributed by atoms with E-state index in [1.165, 1.54) is 9.87 Å². The van der Waals surface area contributed by atoms with Crippen LogP contribution in [-0.2, 0) is 23.0 Å². The average molecular weight is 400 g/mol. The molecule has 2 aliphatic rings. The van der Waals surface area contributed by atoms with Gasteiger partial charge in [-0.2, -0.15) is 4.31 Å². The lowest BCUT2D eigenvalue weighted by Gasteiger charge is -2.28. The molecule has 2 heterocycles. The topological polar surface area (TPSA) is 69.7 Å². The van der Waals surface area contributed by atoms with Gasteiger partial charge < -0.3 is 10.2 Å². The number of benzene rings is 2. The molecule has 0 saturated carbocycles. The SMILES string of the molecule is O=C(Nc1ccc(S(=O)(=O)N2CCc3ccccc3C2)cc1)N1CCCCC1. The lowest BCUT2D eigenvalue weighted by molar-refractivity contribution is 0.200. The van der Waals surface area contributed by atoms with Crippen LogP contribution in [-0.4, -0.2) is 43.3 Å². The number of sulfonamides is 1. The van der Waals surface area contributed by atoms with E-state index in [2.05, 4.69) is 11.4 Å². The molecule has 7 heteroatoms. The van der Waals surface area contributed by atoms with Gasteiger partial charge in [0.2, 0.25) is 10.0 Å². The number of carbonyl (C=O) groups is 1. The summed E-state index contributed by atoms with van der Waals surface area (Å²) in [6.07, 6.45) is 3.95. The van der Waals surface area contributed by atoms with E-state index in [9.17, 15) is 13.2 Å².